The van der Waals surface area contributed by atoms with Gasteiger partial charge in [0, 0.05) is 25.7 Å². The third kappa shape index (κ3) is 5.09. The van der Waals surface area contributed by atoms with E-state index in [1.807, 2.05) is 26.0 Å². The minimum absolute atomic E-state index is 0.0362. The molecule has 1 heterocycles. The second-order valence-corrected chi connectivity index (χ2v) is 6.02. The molecule has 2 atom stereocenters. The fourth-order valence-corrected chi connectivity index (χ4v) is 2.37. The summed E-state index contributed by atoms with van der Waals surface area (Å²) in [6.07, 6.45) is 0. The van der Waals surface area contributed by atoms with Crippen LogP contribution in [0.2, 0.25) is 0 Å². The second-order valence-electron chi connectivity index (χ2n) is 6.02. The van der Waals surface area contributed by atoms with Gasteiger partial charge in [0.05, 0.1) is 19.1 Å². The number of rotatable bonds is 7. The Morgan fingerprint density at radius 3 is 2.53 bits per heavy atom. The number of carbonyl (C=O) groups is 1. The first-order valence-electron chi connectivity index (χ1n) is 7.14. The van der Waals surface area contributed by atoms with Crippen molar-refractivity contribution in [3.05, 3.63) is 0 Å². The molecule has 1 fully saturated rings. The highest BCUT2D eigenvalue weighted by Gasteiger charge is 2.35. The van der Waals surface area contributed by atoms with Crippen LogP contribution in [0.25, 0.3) is 0 Å². The number of amides is 1. The van der Waals surface area contributed by atoms with E-state index in [4.69, 9.17) is 4.74 Å². The second kappa shape index (κ2) is 7.82. The Labute approximate surface area is 117 Å². The van der Waals surface area contributed by atoms with Crippen molar-refractivity contribution in [2.75, 3.05) is 54.0 Å². The molecule has 1 rings (SSSR count). The molecule has 1 amide bonds. The average Bonchev–Trinajstić information content (AvgIpc) is 2.81. The molecule has 0 aromatic heterocycles. The molecular formula is C14H29N3O2. The van der Waals surface area contributed by atoms with Gasteiger partial charge in [-0.2, -0.15) is 0 Å². The van der Waals surface area contributed by atoms with Crippen molar-refractivity contribution in [2.45, 2.75) is 19.9 Å². The van der Waals surface area contributed by atoms with E-state index in [1.54, 1.807) is 0 Å². The van der Waals surface area contributed by atoms with Crippen LogP contribution < -0.4 is 5.32 Å². The van der Waals surface area contributed by atoms with Gasteiger partial charge in [-0.15, -0.1) is 0 Å². The molecule has 1 saturated heterocycles. The van der Waals surface area contributed by atoms with Crippen molar-refractivity contribution in [1.29, 1.82) is 0 Å². The maximum atomic E-state index is 12.7. The molecule has 0 aromatic rings. The van der Waals surface area contributed by atoms with Crippen LogP contribution in [0.15, 0.2) is 0 Å². The maximum Gasteiger partial charge on any atom is 0.229 e. The molecule has 0 aromatic carbocycles. The summed E-state index contributed by atoms with van der Waals surface area (Å²) in [5, 5.41) is 3.19. The van der Waals surface area contributed by atoms with Crippen LogP contribution in [-0.4, -0.2) is 75.7 Å². The fraction of sp³-hybridized carbons (Fsp3) is 0.929. The Balaban J connectivity index is 2.64. The number of likely N-dealkylation sites (N-methyl/N-ethyl adjacent to an activating group) is 2. The molecule has 0 saturated carbocycles. The van der Waals surface area contributed by atoms with Crippen LogP contribution in [0.5, 0.6) is 0 Å². The lowest BCUT2D eigenvalue weighted by molar-refractivity contribution is -0.136. The predicted octanol–water partition coefficient (Wildman–Crippen LogP) is 0.267. The highest BCUT2D eigenvalue weighted by atomic mass is 16.5. The first-order valence-corrected chi connectivity index (χ1v) is 7.14. The number of hydrogen-bond donors (Lipinski definition) is 1. The molecule has 1 N–H and O–H groups in total. The normalized spacial score (nSPS) is 23.3. The first-order chi connectivity index (χ1) is 8.95. The number of nitrogens with one attached hydrogen (secondary N) is 1. The van der Waals surface area contributed by atoms with Gasteiger partial charge in [0.15, 0.2) is 0 Å². The Bertz CT molecular complexity index is 282. The molecule has 0 aliphatic carbocycles. The van der Waals surface area contributed by atoms with Crippen molar-refractivity contribution >= 4 is 5.91 Å². The summed E-state index contributed by atoms with van der Waals surface area (Å²) in [6.45, 7) is 7.98. The number of hydrogen-bond acceptors (Lipinski definition) is 4. The molecule has 1 aliphatic heterocycles. The van der Waals surface area contributed by atoms with Gasteiger partial charge in [0.2, 0.25) is 5.91 Å². The van der Waals surface area contributed by atoms with Crippen molar-refractivity contribution < 1.29 is 9.53 Å². The predicted molar refractivity (Wildman–Crippen MR) is 77.1 cm³/mol. The van der Waals surface area contributed by atoms with Gasteiger partial charge in [-0.05, 0) is 27.1 Å². The molecule has 0 spiro atoms. The van der Waals surface area contributed by atoms with Crippen molar-refractivity contribution in [2.24, 2.45) is 11.8 Å². The summed E-state index contributed by atoms with van der Waals surface area (Å²) >= 11 is 0. The summed E-state index contributed by atoms with van der Waals surface area (Å²) in [4.78, 5) is 16.8. The van der Waals surface area contributed by atoms with Crippen LogP contribution in [0.1, 0.15) is 13.8 Å². The van der Waals surface area contributed by atoms with Crippen molar-refractivity contribution in [3.63, 3.8) is 0 Å². The van der Waals surface area contributed by atoms with E-state index in [2.05, 4.69) is 24.1 Å². The lowest BCUT2D eigenvalue weighted by Gasteiger charge is -2.29. The summed E-state index contributed by atoms with van der Waals surface area (Å²) in [5.41, 5.74) is 0. The van der Waals surface area contributed by atoms with Crippen LogP contribution >= 0.6 is 0 Å². The minimum atomic E-state index is -0.0362. The Morgan fingerprint density at radius 1 is 1.32 bits per heavy atom. The Kier molecular flexibility index (Phi) is 6.75. The van der Waals surface area contributed by atoms with Gasteiger partial charge in [-0.25, -0.2) is 0 Å². The minimum Gasteiger partial charge on any atom is -0.379 e. The molecule has 5 nitrogen and oxygen atoms in total. The van der Waals surface area contributed by atoms with Gasteiger partial charge in [0.25, 0.3) is 0 Å². The van der Waals surface area contributed by atoms with Gasteiger partial charge in [0.1, 0.15) is 0 Å². The van der Waals surface area contributed by atoms with E-state index in [9.17, 15) is 4.79 Å². The topological polar surface area (TPSA) is 44.8 Å². The summed E-state index contributed by atoms with van der Waals surface area (Å²) in [5.74, 6) is 0.680. The molecule has 19 heavy (non-hydrogen) atoms. The highest BCUT2D eigenvalue weighted by molar-refractivity contribution is 5.80. The molecule has 112 valence electrons. The molecular weight excluding hydrogens is 242 g/mol. The summed E-state index contributed by atoms with van der Waals surface area (Å²) < 4.78 is 5.44. The summed E-state index contributed by atoms with van der Waals surface area (Å²) in [6, 6.07) is 0.154. The lowest BCUT2D eigenvalue weighted by atomic mass is 10.0. The van der Waals surface area contributed by atoms with Gasteiger partial charge < -0.3 is 19.9 Å². The monoisotopic (exact) mass is 271 g/mol. The third-order valence-corrected chi connectivity index (χ3v) is 3.48. The van der Waals surface area contributed by atoms with E-state index in [0.717, 1.165) is 19.6 Å². The van der Waals surface area contributed by atoms with Gasteiger partial charge >= 0.3 is 0 Å². The standard InChI is InChI=1S/C14H29N3O2/c1-11(2)8-17(7-6-16(4)5)14(18)12-9-19-10-13(12)15-3/h11-13,15H,6-10H2,1-5H3. The van der Waals surface area contributed by atoms with Crippen molar-refractivity contribution in [3.8, 4) is 0 Å². The zero-order valence-electron chi connectivity index (χ0n) is 13.0. The zero-order valence-corrected chi connectivity index (χ0v) is 13.0. The average molecular weight is 271 g/mol. The summed E-state index contributed by atoms with van der Waals surface area (Å²) in [7, 11) is 5.96. The van der Waals surface area contributed by atoms with Crippen LogP contribution in [0.4, 0.5) is 0 Å². The van der Waals surface area contributed by atoms with Crippen LogP contribution in [0, 0.1) is 11.8 Å². The molecule has 1 aliphatic rings. The van der Waals surface area contributed by atoms with Crippen LogP contribution in [-0.2, 0) is 9.53 Å². The number of carbonyl (C=O) groups excluding carboxylic acids is 1. The highest BCUT2D eigenvalue weighted by Crippen LogP contribution is 2.17. The smallest absolute Gasteiger partial charge is 0.229 e. The van der Waals surface area contributed by atoms with E-state index in [1.165, 1.54) is 0 Å². The quantitative estimate of drug-likeness (QED) is 0.722. The Hall–Kier alpha value is -0.650. The number of ether oxygens (including phenoxy) is 1. The zero-order chi connectivity index (χ0) is 14.4. The Morgan fingerprint density at radius 2 is 2.00 bits per heavy atom. The molecule has 5 heteroatoms. The largest absolute Gasteiger partial charge is 0.379 e. The van der Waals surface area contributed by atoms with E-state index >= 15 is 0 Å². The van der Waals surface area contributed by atoms with Crippen molar-refractivity contribution in [1.82, 2.24) is 15.1 Å². The van der Waals surface area contributed by atoms with Gasteiger partial charge in [-0.3, -0.25) is 4.79 Å². The van der Waals surface area contributed by atoms with Gasteiger partial charge in [-0.1, -0.05) is 13.8 Å². The lowest BCUT2D eigenvalue weighted by Crippen LogP contribution is -2.47. The molecule has 0 bridgehead atoms. The van der Waals surface area contributed by atoms with E-state index < -0.39 is 0 Å². The molecule has 0 radical (unpaired) electrons. The molecule has 2 unspecified atom stereocenters. The SMILES string of the molecule is CNC1COCC1C(=O)N(CCN(C)C)CC(C)C. The first kappa shape index (κ1) is 16.4. The van der Waals surface area contributed by atoms with E-state index in [0.29, 0.717) is 19.1 Å². The van der Waals surface area contributed by atoms with Crippen LogP contribution in [0.3, 0.4) is 0 Å². The number of nitrogens with zero attached hydrogens (tertiary/aromatic N) is 2. The fourth-order valence-electron chi connectivity index (χ4n) is 2.37. The van der Waals surface area contributed by atoms with E-state index in [-0.39, 0.29) is 17.9 Å². The third-order valence-electron chi connectivity index (χ3n) is 3.48. The maximum absolute atomic E-state index is 12.7.